The van der Waals surface area contributed by atoms with Gasteiger partial charge in [-0.15, -0.1) is 0 Å². The van der Waals surface area contributed by atoms with E-state index in [9.17, 15) is 4.79 Å². The number of carboxylic acids is 1. The first-order valence-electron chi connectivity index (χ1n) is 6.45. The van der Waals surface area contributed by atoms with Crippen molar-refractivity contribution in [3.05, 3.63) is 41.5 Å². The largest absolute Gasteiger partial charge is 0.485 e. The third-order valence-electron chi connectivity index (χ3n) is 3.52. The number of carbonyl (C=O) groups is 1. The Morgan fingerprint density at radius 3 is 2.80 bits per heavy atom. The molecule has 0 bridgehead atoms. The molecule has 0 saturated heterocycles. The van der Waals surface area contributed by atoms with Gasteiger partial charge in [0.25, 0.3) is 0 Å². The van der Waals surface area contributed by atoms with Crippen molar-refractivity contribution >= 4 is 5.97 Å². The van der Waals surface area contributed by atoms with E-state index >= 15 is 0 Å². The third kappa shape index (κ3) is 1.86. The summed E-state index contributed by atoms with van der Waals surface area (Å²) < 4.78 is 7.45. The SMILES string of the molecule is CC(C)(C)c1ccc2c(c1)-n1cnc(C(=O)O)c1CO2. The predicted molar refractivity (Wildman–Crippen MR) is 73.6 cm³/mol. The van der Waals surface area contributed by atoms with E-state index in [-0.39, 0.29) is 17.7 Å². The predicted octanol–water partition coefficient (Wildman–Crippen LogP) is 2.76. The van der Waals surface area contributed by atoms with Crippen LogP contribution in [0.2, 0.25) is 0 Å². The normalized spacial score (nSPS) is 13.3. The van der Waals surface area contributed by atoms with Crippen LogP contribution in [-0.4, -0.2) is 20.6 Å². The highest BCUT2D eigenvalue weighted by atomic mass is 16.5. The molecule has 5 heteroatoms. The van der Waals surface area contributed by atoms with Crippen LogP contribution in [0.25, 0.3) is 5.69 Å². The number of aromatic carboxylic acids is 1. The van der Waals surface area contributed by atoms with Crippen LogP contribution in [0.3, 0.4) is 0 Å². The molecule has 0 fully saturated rings. The molecule has 0 saturated carbocycles. The zero-order chi connectivity index (χ0) is 14.5. The van der Waals surface area contributed by atoms with Gasteiger partial charge in [0.1, 0.15) is 18.7 Å². The van der Waals surface area contributed by atoms with Gasteiger partial charge in [-0.25, -0.2) is 9.78 Å². The molecule has 1 aliphatic rings. The lowest BCUT2D eigenvalue weighted by Crippen LogP contribution is -2.17. The van der Waals surface area contributed by atoms with Crippen molar-refractivity contribution in [2.24, 2.45) is 0 Å². The monoisotopic (exact) mass is 272 g/mol. The summed E-state index contributed by atoms with van der Waals surface area (Å²) in [6, 6.07) is 6.00. The summed E-state index contributed by atoms with van der Waals surface area (Å²) in [4.78, 5) is 15.1. The minimum Gasteiger partial charge on any atom is -0.485 e. The fraction of sp³-hybridized carbons (Fsp3) is 0.333. The maximum atomic E-state index is 11.1. The lowest BCUT2D eigenvalue weighted by atomic mass is 9.86. The number of benzene rings is 1. The maximum Gasteiger partial charge on any atom is 0.356 e. The molecule has 20 heavy (non-hydrogen) atoms. The van der Waals surface area contributed by atoms with Crippen LogP contribution in [0, 0.1) is 0 Å². The molecule has 0 amide bonds. The number of rotatable bonds is 1. The van der Waals surface area contributed by atoms with Gasteiger partial charge in [-0.3, -0.25) is 4.57 Å². The van der Waals surface area contributed by atoms with E-state index in [0.29, 0.717) is 5.69 Å². The van der Waals surface area contributed by atoms with Crippen LogP contribution in [0.15, 0.2) is 24.5 Å². The molecule has 1 aliphatic heterocycles. The molecule has 3 rings (SSSR count). The molecule has 0 radical (unpaired) electrons. The minimum absolute atomic E-state index is 0.0167. The highest BCUT2D eigenvalue weighted by Gasteiger charge is 2.25. The summed E-state index contributed by atoms with van der Waals surface area (Å²) in [5.41, 5.74) is 2.66. The molecule has 0 unspecified atom stereocenters. The molecule has 0 spiro atoms. The van der Waals surface area contributed by atoms with Crippen molar-refractivity contribution < 1.29 is 14.6 Å². The van der Waals surface area contributed by atoms with E-state index in [1.165, 1.54) is 5.56 Å². The first-order chi connectivity index (χ1) is 9.38. The fourth-order valence-electron chi connectivity index (χ4n) is 2.34. The number of fused-ring (bicyclic) bond motifs is 3. The Labute approximate surface area is 116 Å². The second kappa shape index (κ2) is 4.10. The van der Waals surface area contributed by atoms with Gasteiger partial charge in [-0.2, -0.15) is 0 Å². The Kier molecular flexibility index (Phi) is 2.61. The first kappa shape index (κ1) is 12.7. The Morgan fingerprint density at radius 2 is 2.15 bits per heavy atom. The second-order valence-electron chi connectivity index (χ2n) is 5.94. The van der Waals surface area contributed by atoms with E-state index in [4.69, 9.17) is 9.84 Å². The summed E-state index contributed by atoms with van der Waals surface area (Å²) in [6.45, 7) is 6.63. The number of ether oxygens (including phenoxy) is 1. The first-order valence-corrected chi connectivity index (χ1v) is 6.45. The van der Waals surface area contributed by atoms with Crippen molar-refractivity contribution in [1.82, 2.24) is 9.55 Å². The van der Waals surface area contributed by atoms with E-state index in [0.717, 1.165) is 11.4 Å². The van der Waals surface area contributed by atoms with E-state index in [1.54, 1.807) is 10.9 Å². The van der Waals surface area contributed by atoms with E-state index < -0.39 is 5.97 Å². The summed E-state index contributed by atoms with van der Waals surface area (Å²) >= 11 is 0. The van der Waals surface area contributed by atoms with Gasteiger partial charge in [0.2, 0.25) is 0 Å². The molecular weight excluding hydrogens is 256 g/mol. The van der Waals surface area contributed by atoms with Crippen LogP contribution in [0.5, 0.6) is 5.75 Å². The van der Waals surface area contributed by atoms with Gasteiger partial charge in [0.15, 0.2) is 5.69 Å². The molecule has 1 aromatic carbocycles. The molecule has 0 aliphatic carbocycles. The molecule has 1 aromatic heterocycles. The topological polar surface area (TPSA) is 64.4 Å². The number of carboxylic acid groups (broad SMARTS) is 1. The van der Waals surface area contributed by atoms with Crippen LogP contribution in [0.1, 0.15) is 42.5 Å². The molecule has 1 N–H and O–H groups in total. The Morgan fingerprint density at radius 1 is 1.40 bits per heavy atom. The lowest BCUT2D eigenvalue weighted by molar-refractivity contribution is 0.0687. The summed E-state index contributed by atoms with van der Waals surface area (Å²) in [6.07, 6.45) is 1.55. The molecule has 2 aromatic rings. The van der Waals surface area contributed by atoms with E-state index in [2.05, 4.69) is 25.8 Å². The van der Waals surface area contributed by atoms with E-state index in [1.807, 2.05) is 18.2 Å². The number of aromatic nitrogens is 2. The average molecular weight is 272 g/mol. The number of imidazole rings is 1. The summed E-state index contributed by atoms with van der Waals surface area (Å²) in [5, 5.41) is 9.13. The molecular formula is C15H16N2O3. The molecule has 2 heterocycles. The number of hydrogen-bond donors (Lipinski definition) is 1. The van der Waals surface area contributed by atoms with Gasteiger partial charge < -0.3 is 9.84 Å². The van der Waals surface area contributed by atoms with Crippen molar-refractivity contribution in [3.8, 4) is 11.4 Å². The van der Waals surface area contributed by atoms with Crippen LogP contribution in [0.4, 0.5) is 0 Å². The molecule has 5 nitrogen and oxygen atoms in total. The number of nitrogens with zero attached hydrogens (tertiary/aromatic N) is 2. The highest BCUT2D eigenvalue weighted by molar-refractivity contribution is 5.87. The molecule has 0 atom stereocenters. The average Bonchev–Trinajstić information content (AvgIpc) is 2.81. The number of hydrogen-bond acceptors (Lipinski definition) is 3. The van der Waals surface area contributed by atoms with Crippen LogP contribution < -0.4 is 4.74 Å². The Bertz CT molecular complexity index is 696. The van der Waals surface area contributed by atoms with Gasteiger partial charge in [0, 0.05) is 0 Å². The molecule has 104 valence electrons. The van der Waals surface area contributed by atoms with Gasteiger partial charge in [0.05, 0.1) is 11.4 Å². The Hall–Kier alpha value is -2.30. The lowest BCUT2D eigenvalue weighted by Gasteiger charge is -2.25. The summed E-state index contributed by atoms with van der Waals surface area (Å²) in [7, 11) is 0. The van der Waals surface area contributed by atoms with Crippen molar-refractivity contribution in [2.75, 3.05) is 0 Å². The van der Waals surface area contributed by atoms with Crippen LogP contribution in [-0.2, 0) is 12.0 Å². The maximum absolute atomic E-state index is 11.1. The van der Waals surface area contributed by atoms with Gasteiger partial charge in [-0.1, -0.05) is 26.8 Å². The smallest absolute Gasteiger partial charge is 0.356 e. The quantitative estimate of drug-likeness (QED) is 0.867. The summed E-state index contributed by atoms with van der Waals surface area (Å²) in [5.74, 6) is -0.280. The minimum atomic E-state index is -1.03. The van der Waals surface area contributed by atoms with Crippen molar-refractivity contribution in [2.45, 2.75) is 32.8 Å². The fourth-order valence-corrected chi connectivity index (χ4v) is 2.34. The zero-order valence-corrected chi connectivity index (χ0v) is 11.7. The standard InChI is InChI=1S/C15H16N2O3/c1-15(2,3)9-4-5-12-10(6-9)17-8-16-13(14(18)19)11(17)7-20-12/h4-6,8H,7H2,1-3H3,(H,18,19). The van der Waals surface area contributed by atoms with Crippen molar-refractivity contribution in [1.29, 1.82) is 0 Å². The third-order valence-corrected chi connectivity index (χ3v) is 3.52. The zero-order valence-electron chi connectivity index (χ0n) is 11.7. The second-order valence-corrected chi connectivity index (χ2v) is 5.94. The van der Waals surface area contributed by atoms with Gasteiger partial charge >= 0.3 is 5.97 Å². The highest BCUT2D eigenvalue weighted by Crippen LogP contribution is 2.34. The van der Waals surface area contributed by atoms with Crippen molar-refractivity contribution in [3.63, 3.8) is 0 Å². The van der Waals surface area contributed by atoms with Gasteiger partial charge in [-0.05, 0) is 23.1 Å². The Balaban J connectivity index is 2.18. The van der Waals surface area contributed by atoms with Crippen LogP contribution >= 0.6 is 0 Å².